The number of rotatable bonds is 6. The van der Waals surface area contributed by atoms with Crippen LogP contribution < -0.4 is 16.0 Å². The molecule has 0 aliphatic heterocycles. The van der Waals surface area contributed by atoms with Gasteiger partial charge in [-0.25, -0.2) is 10.8 Å². The van der Waals surface area contributed by atoms with Crippen LogP contribution in [0.15, 0.2) is 30.5 Å². The molecule has 106 valence electrons. The Balaban J connectivity index is 1.83. The molecule has 5 nitrogen and oxygen atoms in total. The Morgan fingerprint density at radius 2 is 2.15 bits per heavy atom. The van der Waals surface area contributed by atoms with E-state index in [1.54, 1.807) is 0 Å². The van der Waals surface area contributed by atoms with Gasteiger partial charge in [0, 0.05) is 6.42 Å². The molecule has 0 spiro atoms. The fourth-order valence-corrected chi connectivity index (χ4v) is 2.48. The fourth-order valence-electron chi connectivity index (χ4n) is 1.68. The first-order valence-corrected chi connectivity index (χ1v) is 7.22. The molecule has 0 atom stereocenters. The maximum absolute atomic E-state index is 11.3. The quantitative estimate of drug-likeness (QED) is 0.484. The minimum absolute atomic E-state index is 0.315. The average molecular weight is 291 g/mol. The van der Waals surface area contributed by atoms with Gasteiger partial charge in [-0.1, -0.05) is 19.1 Å². The van der Waals surface area contributed by atoms with Crippen molar-refractivity contribution in [3.63, 3.8) is 0 Å². The lowest BCUT2D eigenvalue weighted by Crippen LogP contribution is -2.29. The van der Waals surface area contributed by atoms with Gasteiger partial charge in [-0.2, -0.15) is 0 Å². The first-order chi connectivity index (χ1) is 9.72. The first kappa shape index (κ1) is 14.5. The number of nitrogen functional groups attached to an aromatic ring is 1. The SMILES string of the molecule is CCc1ccc(OCCc2ncc(C(=O)NN)s2)cc1. The van der Waals surface area contributed by atoms with Crippen LogP contribution >= 0.6 is 11.3 Å². The molecule has 20 heavy (non-hydrogen) atoms. The van der Waals surface area contributed by atoms with Crippen LogP contribution in [0.1, 0.15) is 27.2 Å². The Labute approximate surface area is 121 Å². The second kappa shape index (κ2) is 7.02. The van der Waals surface area contributed by atoms with E-state index in [1.165, 1.54) is 23.1 Å². The molecule has 1 aromatic heterocycles. The summed E-state index contributed by atoms with van der Waals surface area (Å²) >= 11 is 1.32. The highest BCUT2D eigenvalue weighted by Gasteiger charge is 2.08. The molecule has 0 unspecified atom stereocenters. The van der Waals surface area contributed by atoms with Crippen LogP contribution in [-0.2, 0) is 12.8 Å². The maximum Gasteiger partial charge on any atom is 0.276 e. The van der Waals surface area contributed by atoms with E-state index in [4.69, 9.17) is 10.6 Å². The van der Waals surface area contributed by atoms with Crippen molar-refractivity contribution in [1.29, 1.82) is 0 Å². The number of amides is 1. The molecule has 1 aromatic carbocycles. The number of hydrogen-bond donors (Lipinski definition) is 2. The van der Waals surface area contributed by atoms with Crippen molar-refractivity contribution in [2.75, 3.05) is 6.61 Å². The predicted molar refractivity (Wildman–Crippen MR) is 78.8 cm³/mol. The van der Waals surface area contributed by atoms with Crippen LogP contribution in [0.2, 0.25) is 0 Å². The Kier molecular flexibility index (Phi) is 5.09. The van der Waals surface area contributed by atoms with Gasteiger partial charge in [-0.3, -0.25) is 10.2 Å². The molecule has 1 amide bonds. The number of nitrogens with two attached hydrogens (primary N) is 1. The Morgan fingerprint density at radius 3 is 2.80 bits per heavy atom. The van der Waals surface area contributed by atoms with Crippen molar-refractivity contribution >= 4 is 17.2 Å². The molecule has 0 saturated heterocycles. The summed E-state index contributed by atoms with van der Waals surface area (Å²) in [6, 6.07) is 8.05. The number of aryl methyl sites for hydroxylation is 1. The number of aromatic nitrogens is 1. The van der Waals surface area contributed by atoms with Crippen molar-refractivity contribution in [3.8, 4) is 5.75 Å². The number of hydrogen-bond acceptors (Lipinski definition) is 5. The Morgan fingerprint density at radius 1 is 1.40 bits per heavy atom. The van der Waals surface area contributed by atoms with Crippen LogP contribution in [-0.4, -0.2) is 17.5 Å². The lowest BCUT2D eigenvalue weighted by atomic mass is 10.2. The van der Waals surface area contributed by atoms with E-state index in [0.717, 1.165) is 17.2 Å². The number of hydrazine groups is 1. The van der Waals surface area contributed by atoms with Crippen LogP contribution in [0.4, 0.5) is 0 Å². The molecule has 0 aliphatic carbocycles. The number of benzene rings is 1. The molecule has 2 rings (SSSR count). The number of nitrogens with zero attached hydrogens (tertiary/aromatic N) is 1. The highest BCUT2D eigenvalue weighted by molar-refractivity contribution is 7.13. The number of thiazole rings is 1. The number of ether oxygens (including phenoxy) is 1. The second-order valence-electron chi connectivity index (χ2n) is 4.19. The standard InChI is InChI=1S/C14H17N3O2S/c1-2-10-3-5-11(6-4-10)19-8-7-13-16-9-12(20-13)14(18)17-15/h3-6,9H,2,7-8,15H2,1H3,(H,17,18). The third-order valence-corrected chi connectivity index (χ3v) is 3.88. The zero-order valence-corrected chi connectivity index (χ0v) is 12.1. The summed E-state index contributed by atoms with van der Waals surface area (Å²) in [7, 11) is 0. The summed E-state index contributed by atoms with van der Waals surface area (Å²) < 4.78 is 5.65. The van der Waals surface area contributed by atoms with Crippen LogP contribution in [0.25, 0.3) is 0 Å². The summed E-state index contributed by atoms with van der Waals surface area (Å²) in [6.07, 6.45) is 3.21. The molecule has 0 bridgehead atoms. The van der Waals surface area contributed by atoms with Crippen molar-refractivity contribution in [1.82, 2.24) is 10.4 Å². The van der Waals surface area contributed by atoms with Gasteiger partial charge in [-0.05, 0) is 24.1 Å². The summed E-state index contributed by atoms with van der Waals surface area (Å²) in [6.45, 7) is 2.65. The molecule has 1 heterocycles. The number of carbonyl (C=O) groups is 1. The molecule has 0 saturated carbocycles. The van der Waals surface area contributed by atoms with Gasteiger partial charge in [0.2, 0.25) is 0 Å². The van der Waals surface area contributed by atoms with E-state index in [-0.39, 0.29) is 5.91 Å². The zero-order valence-electron chi connectivity index (χ0n) is 11.3. The smallest absolute Gasteiger partial charge is 0.276 e. The van der Waals surface area contributed by atoms with Crippen LogP contribution in [0.5, 0.6) is 5.75 Å². The predicted octanol–water partition coefficient (Wildman–Crippen LogP) is 1.93. The maximum atomic E-state index is 11.3. The van der Waals surface area contributed by atoms with E-state index in [1.807, 2.05) is 12.1 Å². The van der Waals surface area contributed by atoms with E-state index < -0.39 is 0 Å². The minimum Gasteiger partial charge on any atom is -0.493 e. The van der Waals surface area contributed by atoms with E-state index in [2.05, 4.69) is 29.5 Å². The molecular weight excluding hydrogens is 274 g/mol. The third kappa shape index (κ3) is 3.79. The minimum atomic E-state index is -0.315. The molecule has 0 aliphatic rings. The zero-order chi connectivity index (χ0) is 14.4. The van der Waals surface area contributed by atoms with Gasteiger partial charge in [-0.15, -0.1) is 11.3 Å². The largest absolute Gasteiger partial charge is 0.493 e. The third-order valence-electron chi connectivity index (χ3n) is 2.82. The second-order valence-corrected chi connectivity index (χ2v) is 5.30. The van der Waals surface area contributed by atoms with Crippen molar-refractivity contribution < 1.29 is 9.53 Å². The highest BCUT2D eigenvalue weighted by Crippen LogP contribution is 2.15. The van der Waals surface area contributed by atoms with Crippen molar-refractivity contribution in [2.45, 2.75) is 19.8 Å². The number of nitrogens with one attached hydrogen (secondary N) is 1. The van der Waals surface area contributed by atoms with Gasteiger partial charge in [0.15, 0.2) is 0 Å². The normalized spacial score (nSPS) is 10.3. The Hall–Kier alpha value is -1.92. The summed E-state index contributed by atoms with van der Waals surface area (Å²) in [5, 5.41) is 0.855. The molecule has 2 aromatic rings. The van der Waals surface area contributed by atoms with Crippen LogP contribution in [0.3, 0.4) is 0 Å². The molecule has 0 fully saturated rings. The van der Waals surface area contributed by atoms with E-state index in [0.29, 0.717) is 17.9 Å². The topological polar surface area (TPSA) is 77.2 Å². The van der Waals surface area contributed by atoms with Gasteiger partial charge in [0.25, 0.3) is 5.91 Å². The molecule has 0 radical (unpaired) electrons. The van der Waals surface area contributed by atoms with Gasteiger partial charge >= 0.3 is 0 Å². The lowest BCUT2D eigenvalue weighted by Gasteiger charge is -2.05. The van der Waals surface area contributed by atoms with Gasteiger partial charge in [0.05, 0.1) is 17.8 Å². The molecule has 6 heteroatoms. The van der Waals surface area contributed by atoms with Crippen molar-refractivity contribution in [2.24, 2.45) is 5.84 Å². The lowest BCUT2D eigenvalue weighted by molar-refractivity contribution is 0.0957. The summed E-state index contributed by atoms with van der Waals surface area (Å²) in [5.41, 5.74) is 3.37. The summed E-state index contributed by atoms with van der Waals surface area (Å²) in [4.78, 5) is 16.0. The first-order valence-electron chi connectivity index (χ1n) is 6.40. The van der Waals surface area contributed by atoms with Gasteiger partial charge in [0.1, 0.15) is 10.6 Å². The Bertz CT molecular complexity index is 566. The highest BCUT2D eigenvalue weighted by atomic mass is 32.1. The van der Waals surface area contributed by atoms with Crippen molar-refractivity contribution in [3.05, 3.63) is 45.9 Å². The monoisotopic (exact) mass is 291 g/mol. The summed E-state index contributed by atoms with van der Waals surface area (Å²) in [5.74, 6) is 5.60. The molecular formula is C14H17N3O2S. The average Bonchev–Trinajstić information content (AvgIpc) is 2.96. The fraction of sp³-hybridized carbons (Fsp3) is 0.286. The van der Waals surface area contributed by atoms with Gasteiger partial charge < -0.3 is 4.74 Å². The van der Waals surface area contributed by atoms with Crippen LogP contribution in [0, 0.1) is 0 Å². The van der Waals surface area contributed by atoms with E-state index in [9.17, 15) is 4.79 Å². The number of carbonyl (C=O) groups excluding carboxylic acids is 1. The molecule has 3 N–H and O–H groups in total. The van der Waals surface area contributed by atoms with E-state index >= 15 is 0 Å².